The Hall–Kier alpha value is -1.92. The zero-order chi connectivity index (χ0) is 19.9. The standard InChI is InChI=1S/C21H30N2O3S/c1-5-8-18(21-22-19(7-3)16-26-21)13-15-23(14-6-2)27(24,25)20-11-9-17(4)10-12-20/h5-6,9-12,18-19H,1-2,7-8,13-16H2,3-4H3/t18-,19+/m0/s1. The molecule has 0 saturated carbocycles. The van der Waals surface area contributed by atoms with Gasteiger partial charge in [-0.2, -0.15) is 4.31 Å². The molecule has 0 amide bonds. The number of ether oxygens (including phenoxy) is 1. The predicted octanol–water partition coefficient (Wildman–Crippen LogP) is 3.96. The van der Waals surface area contributed by atoms with E-state index in [0.717, 1.165) is 17.9 Å². The maximum absolute atomic E-state index is 13.0. The molecule has 2 atom stereocenters. The Balaban J connectivity index is 2.15. The predicted molar refractivity (Wildman–Crippen MR) is 111 cm³/mol. The molecular weight excluding hydrogens is 360 g/mol. The first-order valence-corrected chi connectivity index (χ1v) is 10.9. The molecule has 0 N–H and O–H groups in total. The minimum absolute atomic E-state index is 0.0413. The second-order valence-corrected chi connectivity index (χ2v) is 8.75. The summed E-state index contributed by atoms with van der Waals surface area (Å²) in [4.78, 5) is 4.94. The van der Waals surface area contributed by atoms with Crippen molar-refractivity contribution in [2.45, 2.75) is 44.0 Å². The number of rotatable bonds is 11. The van der Waals surface area contributed by atoms with Gasteiger partial charge in [-0.15, -0.1) is 13.2 Å². The smallest absolute Gasteiger partial charge is 0.243 e. The first-order valence-electron chi connectivity index (χ1n) is 9.41. The van der Waals surface area contributed by atoms with Gasteiger partial charge in [-0.05, 0) is 38.3 Å². The molecule has 0 bridgehead atoms. The fourth-order valence-corrected chi connectivity index (χ4v) is 4.45. The van der Waals surface area contributed by atoms with Crippen molar-refractivity contribution in [2.24, 2.45) is 10.9 Å². The van der Waals surface area contributed by atoms with Crippen LogP contribution in [0, 0.1) is 12.8 Å². The zero-order valence-corrected chi connectivity index (χ0v) is 17.1. The summed E-state index contributed by atoms with van der Waals surface area (Å²) in [5.41, 5.74) is 1.03. The number of nitrogens with zero attached hydrogens (tertiary/aromatic N) is 2. The van der Waals surface area contributed by atoms with Crippen LogP contribution in [0.25, 0.3) is 0 Å². The Morgan fingerprint density at radius 2 is 2.00 bits per heavy atom. The molecule has 1 heterocycles. The van der Waals surface area contributed by atoms with Crippen LogP contribution in [-0.2, 0) is 14.8 Å². The van der Waals surface area contributed by atoms with Crippen molar-refractivity contribution >= 4 is 15.9 Å². The summed E-state index contributed by atoms with van der Waals surface area (Å²) in [6, 6.07) is 7.13. The molecule has 1 aromatic carbocycles. The van der Waals surface area contributed by atoms with E-state index in [4.69, 9.17) is 4.74 Å². The molecule has 0 fully saturated rings. The van der Waals surface area contributed by atoms with Gasteiger partial charge in [0.05, 0.1) is 10.9 Å². The van der Waals surface area contributed by atoms with Gasteiger partial charge in [-0.3, -0.25) is 0 Å². The van der Waals surface area contributed by atoms with Crippen molar-refractivity contribution in [3.63, 3.8) is 0 Å². The number of allylic oxidation sites excluding steroid dienone is 1. The van der Waals surface area contributed by atoms with Crippen LogP contribution in [-0.4, -0.2) is 44.4 Å². The van der Waals surface area contributed by atoms with E-state index in [1.165, 1.54) is 4.31 Å². The average Bonchev–Trinajstić information content (AvgIpc) is 3.13. The molecule has 2 rings (SSSR count). The minimum Gasteiger partial charge on any atom is -0.478 e. The molecule has 5 nitrogen and oxygen atoms in total. The summed E-state index contributed by atoms with van der Waals surface area (Å²) in [6.45, 7) is 12.8. The zero-order valence-electron chi connectivity index (χ0n) is 16.3. The lowest BCUT2D eigenvalue weighted by atomic mass is 10.0. The molecule has 0 spiro atoms. The normalized spacial score (nSPS) is 18.0. The number of aliphatic imine (C=N–C) groups is 1. The number of sulfonamides is 1. The van der Waals surface area contributed by atoms with Gasteiger partial charge in [0, 0.05) is 19.0 Å². The van der Waals surface area contributed by atoms with E-state index < -0.39 is 10.0 Å². The number of hydrogen-bond donors (Lipinski definition) is 0. The SMILES string of the molecule is C=CC[C@@H](CCN(CC=C)S(=O)(=O)c1ccc(C)cc1)C1=N[C@H](CC)CO1. The molecule has 0 unspecified atom stereocenters. The lowest BCUT2D eigenvalue weighted by Crippen LogP contribution is -2.34. The van der Waals surface area contributed by atoms with E-state index in [1.54, 1.807) is 18.2 Å². The second-order valence-electron chi connectivity index (χ2n) is 6.82. The molecule has 27 heavy (non-hydrogen) atoms. The Labute approximate surface area is 163 Å². The van der Waals surface area contributed by atoms with Gasteiger partial charge in [-0.25, -0.2) is 13.4 Å². The first kappa shape index (κ1) is 21.4. The molecule has 148 valence electrons. The first-order chi connectivity index (χ1) is 12.9. The van der Waals surface area contributed by atoms with Gasteiger partial charge < -0.3 is 4.74 Å². The monoisotopic (exact) mass is 390 g/mol. The van der Waals surface area contributed by atoms with Crippen molar-refractivity contribution in [3.05, 3.63) is 55.1 Å². The fourth-order valence-electron chi connectivity index (χ4n) is 3.02. The lowest BCUT2D eigenvalue weighted by Gasteiger charge is -2.23. The van der Waals surface area contributed by atoms with Crippen molar-refractivity contribution in [2.75, 3.05) is 19.7 Å². The molecule has 1 aliphatic heterocycles. The third kappa shape index (κ3) is 5.53. The summed E-state index contributed by atoms with van der Waals surface area (Å²) in [7, 11) is -3.57. The van der Waals surface area contributed by atoms with Gasteiger partial charge in [0.1, 0.15) is 6.61 Å². The van der Waals surface area contributed by atoms with E-state index in [1.807, 2.05) is 25.1 Å². The van der Waals surface area contributed by atoms with Crippen LogP contribution in [0.5, 0.6) is 0 Å². The van der Waals surface area contributed by atoms with Crippen molar-refractivity contribution < 1.29 is 13.2 Å². The average molecular weight is 391 g/mol. The van der Waals surface area contributed by atoms with Crippen molar-refractivity contribution in [3.8, 4) is 0 Å². The molecule has 1 aromatic rings. The summed E-state index contributed by atoms with van der Waals surface area (Å²) in [5.74, 6) is 0.771. The quantitative estimate of drug-likeness (QED) is 0.537. The third-order valence-electron chi connectivity index (χ3n) is 4.72. The van der Waals surface area contributed by atoms with Gasteiger partial charge in [0.2, 0.25) is 10.0 Å². The maximum atomic E-state index is 13.0. The Morgan fingerprint density at radius 1 is 1.30 bits per heavy atom. The number of aryl methyl sites for hydroxylation is 1. The van der Waals surface area contributed by atoms with Gasteiger partial charge in [0.25, 0.3) is 0 Å². The topological polar surface area (TPSA) is 59.0 Å². The maximum Gasteiger partial charge on any atom is 0.243 e. The van der Waals surface area contributed by atoms with Gasteiger partial charge >= 0.3 is 0 Å². The van der Waals surface area contributed by atoms with Crippen LogP contribution in [0.15, 0.2) is 59.5 Å². The van der Waals surface area contributed by atoms with Crippen LogP contribution >= 0.6 is 0 Å². The molecular formula is C21H30N2O3S. The van der Waals surface area contributed by atoms with Crippen molar-refractivity contribution in [1.82, 2.24) is 4.31 Å². The van der Waals surface area contributed by atoms with E-state index in [9.17, 15) is 8.42 Å². The van der Waals surface area contributed by atoms with Crippen LogP contribution in [0.2, 0.25) is 0 Å². The van der Waals surface area contributed by atoms with Crippen LogP contribution in [0.4, 0.5) is 0 Å². The fraction of sp³-hybridized carbons (Fsp3) is 0.476. The number of hydrogen-bond acceptors (Lipinski definition) is 4. The molecule has 0 aliphatic carbocycles. The minimum atomic E-state index is -3.57. The highest BCUT2D eigenvalue weighted by atomic mass is 32.2. The highest BCUT2D eigenvalue weighted by molar-refractivity contribution is 7.89. The summed E-state index contributed by atoms with van der Waals surface area (Å²) >= 11 is 0. The molecule has 1 aliphatic rings. The highest BCUT2D eigenvalue weighted by Gasteiger charge is 2.28. The second kappa shape index (κ2) is 9.85. The Morgan fingerprint density at radius 3 is 2.56 bits per heavy atom. The van der Waals surface area contributed by atoms with Gasteiger partial charge in [0.15, 0.2) is 5.90 Å². The lowest BCUT2D eigenvalue weighted by molar-refractivity contribution is 0.288. The summed E-state index contributed by atoms with van der Waals surface area (Å²) < 4.78 is 33.3. The van der Waals surface area contributed by atoms with E-state index in [2.05, 4.69) is 25.1 Å². The third-order valence-corrected chi connectivity index (χ3v) is 6.60. The molecule has 6 heteroatoms. The van der Waals surface area contributed by atoms with E-state index >= 15 is 0 Å². The van der Waals surface area contributed by atoms with E-state index in [0.29, 0.717) is 30.9 Å². The van der Waals surface area contributed by atoms with Crippen LogP contribution < -0.4 is 0 Å². The largest absolute Gasteiger partial charge is 0.478 e. The van der Waals surface area contributed by atoms with Crippen molar-refractivity contribution in [1.29, 1.82) is 0 Å². The van der Waals surface area contributed by atoms with Crippen LogP contribution in [0.1, 0.15) is 31.7 Å². The summed E-state index contributed by atoms with van der Waals surface area (Å²) in [5, 5.41) is 0. The highest BCUT2D eigenvalue weighted by Crippen LogP contribution is 2.23. The van der Waals surface area contributed by atoms with Crippen LogP contribution in [0.3, 0.4) is 0 Å². The Bertz CT molecular complexity index is 769. The number of benzene rings is 1. The molecule has 0 radical (unpaired) electrons. The molecule has 0 saturated heterocycles. The van der Waals surface area contributed by atoms with E-state index in [-0.39, 0.29) is 18.5 Å². The summed E-state index contributed by atoms with van der Waals surface area (Å²) in [6.07, 6.45) is 5.73. The Kier molecular flexibility index (Phi) is 7.80. The van der Waals surface area contributed by atoms with Gasteiger partial charge in [-0.1, -0.05) is 36.8 Å². The molecule has 0 aromatic heterocycles.